The smallest absolute Gasteiger partial charge is 0.306 e. The van der Waals surface area contributed by atoms with Crippen molar-refractivity contribution < 1.29 is 43.9 Å². The van der Waals surface area contributed by atoms with Gasteiger partial charge in [0.25, 0.3) is 0 Å². The number of fused-ring (bicyclic) bond motifs is 5. The van der Waals surface area contributed by atoms with Gasteiger partial charge in [0.1, 0.15) is 17.4 Å². The minimum Gasteiger partial charge on any atom is -0.783 e. The fraction of sp³-hybridized carbons (Fsp3) is 0.825. The number of carbonyl (C=O) groups excluding carboxylic acids is 3. The molecular weight excluding hydrogens is 654 g/mol. The van der Waals surface area contributed by atoms with Gasteiger partial charge in [0.2, 0.25) is 0 Å². The summed E-state index contributed by atoms with van der Waals surface area (Å²) in [5.74, 6) is -4.68. The summed E-state index contributed by atoms with van der Waals surface area (Å²) >= 11 is 0. The number of nitrogens with zero attached hydrogens (tertiary/aromatic N) is 1. The van der Waals surface area contributed by atoms with Crippen LogP contribution in [0.5, 0.6) is 0 Å². The zero-order valence-corrected chi connectivity index (χ0v) is 32.1. The summed E-state index contributed by atoms with van der Waals surface area (Å²) in [7, 11) is 0. The molecule has 0 aromatic carbocycles. The number of esters is 2. The first kappa shape index (κ1) is 40.0. The molecule has 5 aliphatic rings. The van der Waals surface area contributed by atoms with Crippen molar-refractivity contribution >= 4 is 17.7 Å². The molecule has 9 atom stereocenters. The Bertz CT molecular complexity index is 1420. The molecule has 51 heavy (non-hydrogen) atoms. The van der Waals surface area contributed by atoms with Crippen molar-refractivity contribution in [3.63, 3.8) is 0 Å². The summed E-state index contributed by atoms with van der Waals surface area (Å²) in [4.78, 5) is 39.7. The largest absolute Gasteiger partial charge is 0.783 e. The average molecular weight is 717 g/mol. The number of Topliss-reactive ketones (excluding diaryl/α,β-unsaturated/α-hetero) is 1. The molecule has 1 saturated heterocycles. The van der Waals surface area contributed by atoms with Gasteiger partial charge in [-0.05, 0) is 64.0 Å². The van der Waals surface area contributed by atoms with Crippen LogP contribution in [0.1, 0.15) is 132 Å². The van der Waals surface area contributed by atoms with Gasteiger partial charge in [-0.1, -0.05) is 72.0 Å². The molecule has 11 nitrogen and oxygen atoms in total. The lowest BCUT2D eigenvalue weighted by molar-refractivity contribution is -0.228. The van der Waals surface area contributed by atoms with Gasteiger partial charge in [-0.15, -0.1) is 0 Å². The number of ether oxygens (including phenoxy) is 3. The Hall–Kier alpha value is -2.15. The van der Waals surface area contributed by atoms with E-state index in [1.54, 1.807) is 26.0 Å². The highest BCUT2D eigenvalue weighted by molar-refractivity contribution is 6.04. The van der Waals surface area contributed by atoms with Crippen molar-refractivity contribution in [2.24, 2.45) is 29.1 Å². The summed E-state index contributed by atoms with van der Waals surface area (Å²) in [6.45, 7) is 14.4. The van der Waals surface area contributed by atoms with Crippen LogP contribution in [0.2, 0.25) is 0 Å². The maximum Gasteiger partial charge on any atom is 0.306 e. The molecule has 5 rings (SSSR count). The molecule has 0 radical (unpaired) electrons. The standard InChI is InChI=1S/C40H62NO10/c1-9-10-11-12-15-18-37(41(48)35(5,6)24-49-37)19-16-13-14-17-31(44)50-34-26(3)39(47)29(32-36(7,8)40(32,34)51-27(4)43)21-28(23-42)22-38(46)30(39)20-25(2)33(38)45/h20-21,26,29-30,32,34,42,46-47H,9-19,22-24H2,1-8H3/q-1/t26-,29+,30-,32-,34-,37?,38-,39-,40-/m1/s1. The SMILES string of the molecule is CCCCCCCC1(CCCCCC(=O)O[C@@H]2[C@@H](C)[C@@]3(O)[C@@H](C=C(CO)C[C@]4(O)C(=O)C(C)=C[C@@H]34)[C@@H]3C(C)(C)[C@]23OC(C)=O)OCC(C)(C)N1[O-]. The molecule has 0 aromatic heterocycles. The van der Waals surface area contributed by atoms with Gasteiger partial charge >= 0.3 is 11.9 Å². The minimum absolute atomic E-state index is 0.0865. The van der Waals surface area contributed by atoms with E-state index < -0.39 is 87.6 Å². The van der Waals surface area contributed by atoms with Crippen molar-refractivity contribution in [1.82, 2.24) is 5.06 Å². The lowest BCUT2D eigenvalue weighted by Crippen LogP contribution is -2.66. The second-order valence-corrected chi connectivity index (χ2v) is 17.5. The van der Waals surface area contributed by atoms with Crippen molar-refractivity contribution in [3.05, 3.63) is 28.5 Å². The van der Waals surface area contributed by atoms with Gasteiger partial charge in [-0.2, -0.15) is 0 Å². The number of hydrogen-bond donors (Lipinski definition) is 3. The normalized spacial score (nSPS) is 39.3. The number of unbranched alkanes of at least 4 members (excludes halogenated alkanes) is 6. The van der Waals surface area contributed by atoms with Crippen LogP contribution in [0.3, 0.4) is 0 Å². The van der Waals surface area contributed by atoms with Crippen molar-refractivity contribution in [2.75, 3.05) is 13.2 Å². The van der Waals surface area contributed by atoms with Gasteiger partial charge in [0, 0.05) is 54.4 Å². The molecule has 1 aliphatic heterocycles. The highest BCUT2D eigenvalue weighted by atomic mass is 16.6. The molecule has 0 spiro atoms. The Labute approximate surface area is 303 Å². The van der Waals surface area contributed by atoms with Crippen molar-refractivity contribution in [1.29, 1.82) is 0 Å². The van der Waals surface area contributed by atoms with Gasteiger partial charge in [-0.25, -0.2) is 0 Å². The predicted molar refractivity (Wildman–Crippen MR) is 191 cm³/mol. The number of hydroxylamine groups is 2. The molecule has 2 saturated carbocycles. The van der Waals surface area contributed by atoms with Crippen LogP contribution in [0.4, 0.5) is 0 Å². The Morgan fingerprint density at radius 2 is 1.65 bits per heavy atom. The van der Waals surface area contributed by atoms with Crippen molar-refractivity contribution in [3.8, 4) is 0 Å². The topological polar surface area (TPSA) is 166 Å². The second kappa shape index (κ2) is 14.3. The van der Waals surface area contributed by atoms with Gasteiger partial charge in [-0.3, -0.25) is 14.4 Å². The first-order valence-electron chi connectivity index (χ1n) is 19.3. The van der Waals surface area contributed by atoms with E-state index >= 15 is 0 Å². The Morgan fingerprint density at radius 3 is 2.22 bits per heavy atom. The fourth-order valence-corrected chi connectivity index (χ4v) is 10.6. The average Bonchev–Trinajstić information content (AvgIpc) is 3.36. The number of hydrogen-bond acceptors (Lipinski definition) is 11. The monoisotopic (exact) mass is 716 g/mol. The van der Waals surface area contributed by atoms with Crippen LogP contribution in [0.25, 0.3) is 0 Å². The molecule has 4 aliphatic carbocycles. The predicted octanol–water partition coefficient (Wildman–Crippen LogP) is 5.67. The zero-order chi connectivity index (χ0) is 37.8. The summed E-state index contributed by atoms with van der Waals surface area (Å²) in [6, 6.07) is 0. The maximum absolute atomic E-state index is 13.6. The Balaban J connectivity index is 1.32. The maximum atomic E-state index is 13.6. The highest BCUT2D eigenvalue weighted by Crippen LogP contribution is 2.77. The van der Waals surface area contributed by atoms with Gasteiger partial charge in [0.15, 0.2) is 11.4 Å². The Kier molecular flexibility index (Phi) is 11.2. The fourth-order valence-electron chi connectivity index (χ4n) is 10.6. The zero-order valence-electron chi connectivity index (χ0n) is 32.1. The lowest BCUT2D eigenvalue weighted by Gasteiger charge is -2.53. The number of ketones is 1. The molecule has 0 aromatic rings. The summed E-state index contributed by atoms with van der Waals surface area (Å²) in [5.41, 5.74) is -6.47. The first-order valence-corrected chi connectivity index (χ1v) is 19.3. The molecule has 1 heterocycles. The van der Waals surface area contributed by atoms with E-state index in [-0.39, 0.29) is 12.8 Å². The van der Waals surface area contributed by atoms with E-state index in [9.17, 15) is 34.9 Å². The van der Waals surface area contributed by atoms with Crippen molar-refractivity contribution in [2.45, 2.75) is 167 Å². The minimum atomic E-state index is -1.98. The van der Waals surface area contributed by atoms with E-state index in [2.05, 4.69) is 6.92 Å². The summed E-state index contributed by atoms with van der Waals surface area (Å²) < 4.78 is 18.6. The van der Waals surface area contributed by atoms with Gasteiger partial charge in [0.05, 0.1) is 18.8 Å². The third-order valence-corrected chi connectivity index (χ3v) is 13.3. The first-order chi connectivity index (χ1) is 23.8. The number of rotatable bonds is 15. The lowest BCUT2D eigenvalue weighted by atomic mass is 9.59. The third kappa shape index (κ3) is 6.45. The summed E-state index contributed by atoms with van der Waals surface area (Å²) in [6.07, 6.45) is 10.8. The molecular formula is C40H62NO10-. The van der Waals surface area contributed by atoms with E-state index in [0.717, 1.165) is 30.7 Å². The number of carbonyl (C=O) groups is 3. The summed E-state index contributed by atoms with van der Waals surface area (Å²) in [5, 5.41) is 49.6. The highest BCUT2D eigenvalue weighted by Gasteiger charge is 2.87. The van der Waals surface area contributed by atoms with Crippen LogP contribution in [-0.2, 0) is 28.6 Å². The number of aliphatic hydroxyl groups excluding tert-OH is 1. The van der Waals surface area contributed by atoms with Crippen LogP contribution in [-0.4, -0.2) is 85.5 Å². The Morgan fingerprint density at radius 1 is 1.02 bits per heavy atom. The number of aliphatic hydroxyl groups is 3. The quantitative estimate of drug-likeness (QED) is 0.109. The molecule has 288 valence electrons. The van der Waals surface area contributed by atoms with E-state index in [4.69, 9.17) is 14.2 Å². The van der Waals surface area contributed by atoms with E-state index in [1.165, 1.54) is 13.3 Å². The molecule has 0 amide bonds. The molecule has 3 fully saturated rings. The van der Waals surface area contributed by atoms with Crippen LogP contribution in [0.15, 0.2) is 23.3 Å². The van der Waals surface area contributed by atoms with Gasteiger partial charge < -0.3 is 39.8 Å². The van der Waals surface area contributed by atoms with E-state index in [0.29, 0.717) is 49.9 Å². The molecule has 1 unspecified atom stereocenters. The third-order valence-electron chi connectivity index (χ3n) is 13.3. The second-order valence-electron chi connectivity index (χ2n) is 17.5. The van der Waals surface area contributed by atoms with Crippen LogP contribution in [0, 0.1) is 34.3 Å². The van der Waals surface area contributed by atoms with Crippen LogP contribution < -0.4 is 0 Å². The molecule has 11 heteroatoms. The van der Waals surface area contributed by atoms with Crippen LogP contribution >= 0.6 is 0 Å². The van der Waals surface area contributed by atoms with E-state index in [1.807, 2.05) is 27.7 Å². The molecule has 0 bridgehead atoms. The molecule has 3 N–H and O–H groups in total.